The zero-order chi connectivity index (χ0) is 33.3. The summed E-state index contributed by atoms with van der Waals surface area (Å²) in [5.74, 6) is 3.29. The summed E-state index contributed by atoms with van der Waals surface area (Å²) in [5, 5.41) is 17.9. The number of hydrogen-bond acceptors (Lipinski definition) is 9. The minimum atomic E-state index is -0.468. The van der Waals surface area contributed by atoms with E-state index < -0.39 is 5.60 Å². The van der Waals surface area contributed by atoms with Gasteiger partial charge in [0.2, 0.25) is 0 Å². The molecule has 1 atom stereocenters. The molecule has 254 valence electrons. The molecule has 0 spiro atoms. The summed E-state index contributed by atoms with van der Waals surface area (Å²) in [4.78, 5) is 28.6. The Morgan fingerprint density at radius 3 is 2.52 bits per heavy atom. The summed E-state index contributed by atoms with van der Waals surface area (Å²) in [6.45, 7) is 15.9. The average molecular weight is 637 g/mol. The summed E-state index contributed by atoms with van der Waals surface area (Å²) < 4.78 is 7.44. The first-order chi connectivity index (χ1) is 22.1. The number of carbonyl (C=O) groups is 1. The van der Waals surface area contributed by atoms with E-state index in [0.717, 1.165) is 98.9 Å². The smallest absolute Gasteiger partial charge is 0.410 e. The van der Waals surface area contributed by atoms with Crippen molar-refractivity contribution in [2.45, 2.75) is 105 Å². The SMILES string of the molecule is CC.CCc1cnn2c(NCc3ccc(N(C)CC4CCN(C(=O)OC(C)(C)C)CC4)nc3)cc(N3CCCCC3CCO)nc12. The first-order valence-electron chi connectivity index (χ1n) is 17.3. The lowest BCUT2D eigenvalue weighted by Gasteiger charge is -2.36. The van der Waals surface area contributed by atoms with Crippen LogP contribution in [0.1, 0.15) is 91.2 Å². The van der Waals surface area contributed by atoms with Gasteiger partial charge in [0.1, 0.15) is 23.1 Å². The molecular weight excluding hydrogens is 580 g/mol. The molecule has 2 aliphatic rings. The number of nitrogens with one attached hydrogen (secondary N) is 1. The number of fused-ring (bicyclic) bond motifs is 1. The van der Waals surface area contributed by atoms with Gasteiger partial charge in [-0.25, -0.2) is 14.8 Å². The van der Waals surface area contributed by atoms with E-state index in [1.165, 1.54) is 6.42 Å². The second-order valence-electron chi connectivity index (χ2n) is 13.3. The maximum atomic E-state index is 12.4. The third-order valence-corrected chi connectivity index (χ3v) is 8.77. The molecule has 2 fully saturated rings. The van der Waals surface area contributed by atoms with Gasteiger partial charge < -0.3 is 29.9 Å². The van der Waals surface area contributed by atoms with E-state index in [4.69, 9.17) is 14.7 Å². The summed E-state index contributed by atoms with van der Waals surface area (Å²) in [7, 11) is 2.09. The van der Waals surface area contributed by atoms with E-state index in [2.05, 4.69) is 52.4 Å². The fourth-order valence-corrected chi connectivity index (χ4v) is 6.31. The van der Waals surface area contributed by atoms with Crippen LogP contribution in [0.15, 0.2) is 30.6 Å². The van der Waals surface area contributed by atoms with Crippen LogP contribution in [0.3, 0.4) is 0 Å². The quantitative estimate of drug-likeness (QED) is 0.271. The van der Waals surface area contributed by atoms with Gasteiger partial charge in [0.05, 0.1) is 6.20 Å². The van der Waals surface area contributed by atoms with E-state index >= 15 is 0 Å². The lowest BCUT2D eigenvalue weighted by molar-refractivity contribution is 0.0186. The second kappa shape index (κ2) is 16.3. The van der Waals surface area contributed by atoms with Crippen LogP contribution in [0.2, 0.25) is 0 Å². The topological polar surface area (TPSA) is 111 Å². The molecular formula is C35H56N8O3. The van der Waals surface area contributed by atoms with Gasteiger partial charge in [0, 0.05) is 70.2 Å². The highest BCUT2D eigenvalue weighted by molar-refractivity contribution is 5.68. The maximum absolute atomic E-state index is 12.4. The van der Waals surface area contributed by atoms with Crippen LogP contribution >= 0.6 is 0 Å². The van der Waals surface area contributed by atoms with E-state index in [9.17, 15) is 9.90 Å². The van der Waals surface area contributed by atoms with E-state index in [-0.39, 0.29) is 12.7 Å². The van der Waals surface area contributed by atoms with Gasteiger partial charge in [-0.05, 0) is 83.3 Å². The Bertz CT molecular complexity index is 1380. The first kappa shape index (κ1) is 35.3. The fraction of sp³-hybridized carbons (Fsp3) is 0.657. The Morgan fingerprint density at radius 1 is 1.11 bits per heavy atom. The standard InChI is InChI=1S/C33H50N8O3.C2H6/c1-6-26-22-36-41-29(19-30(37-31(26)41)40-15-8-7-9-27(40)14-18-42)35-21-25-10-11-28(34-20-25)38(5)23-24-12-16-39(17-13-24)32(43)44-33(2,3)4;1-2/h10-11,19-20,22,24,27,35,42H,6-9,12-18,21,23H2,1-5H3;1-2H3. The minimum Gasteiger partial charge on any atom is -0.444 e. The molecule has 0 bridgehead atoms. The molecule has 5 rings (SSSR count). The Morgan fingerprint density at radius 2 is 1.87 bits per heavy atom. The van der Waals surface area contributed by atoms with Crippen LogP contribution in [-0.4, -0.2) is 87.2 Å². The highest BCUT2D eigenvalue weighted by Crippen LogP contribution is 2.29. The zero-order valence-corrected chi connectivity index (χ0v) is 29.1. The largest absolute Gasteiger partial charge is 0.444 e. The molecule has 2 saturated heterocycles. The molecule has 0 aliphatic carbocycles. The summed E-state index contributed by atoms with van der Waals surface area (Å²) in [6, 6.07) is 6.60. The van der Waals surface area contributed by atoms with E-state index in [1.807, 2.05) is 56.4 Å². The van der Waals surface area contributed by atoms with Gasteiger partial charge in [0.25, 0.3) is 0 Å². The molecule has 5 heterocycles. The molecule has 2 aliphatic heterocycles. The van der Waals surface area contributed by atoms with Gasteiger partial charge in [-0.15, -0.1) is 0 Å². The molecule has 46 heavy (non-hydrogen) atoms. The number of pyridine rings is 1. The number of ether oxygens (including phenoxy) is 1. The van der Waals surface area contributed by atoms with Crippen molar-refractivity contribution in [3.8, 4) is 0 Å². The molecule has 11 nitrogen and oxygen atoms in total. The van der Waals surface area contributed by atoms with Crippen LogP contribution in [0, 0.1) is 5.92 Å². The first-order valence-corrected chi connectivity index (χ1v) is 17.3. The normalized spacial score (nSPS) is 17.4. The van der Waals surface area contributed by atoms with Crippen molar-refractivity contribution in [3.63, 3.8) is 0 Å². The number of aliphatic hydroxyl groups excluding tert-OH is 1. The summed E-state index contributed by atoms with van der Waals surface area (Å²) in [6.07, 6.45) is 10.6. The molecule has 3 aromatic rings. The zero-order valence-electron chi connectivity index (χ0n) is 29.1. The van der Waals surface area contributed by atoms with Crippen molar-refractivity contribution in [3.05, 3.63) is 41.7 Å². The number of amides is 1. The number of aromatic nitrogens is 4. The number of rotatable bonds is 10. The van der Waals surface area contributed by atoms with Crippen molar-refractivity contribution in [2.24, 2.45) is 5.92 Å². The minimum absolute atomic E-state index is 0.187. The van der Waals surface area contributed by atoms with E-state index in [0.29, 0.717) is 18.5 Å². The lowest BCUT2D eigenvalue weighted by atomic mass is 9.96. The number of nitrogens with zero attached hydrogens (tertiary/aromatic N) is 7. The molecule has 11 heteroatoms. The summed E-state index contributed by atoms with van der Waals surface area (Å²) in [5.41, 5.74) is 2.62. The van der Waals surface area contributed by atoms with Gasteiger partial charge in [0.15, 0.2) is 5.65 Å². The number of hydrogen-bond donors (Lipinski definition) is 2. The van der Waals surface area contributed by atoms with Crippen molar-refractivity contribution in [1.29, 1.82) is 0 Å². The Labute approximate surface area is 275 Å². The number of anilines is 3. The van der Waals surface area contributed by atoms with Gasteiger partial charge in [-0.2, -0.15) is 9.61 Å². The molecule has 3 aromatic heterocycles. The monoisotopic (exact) mass is 636 g/mol. The predicted molar refractivity (Wildman–Crippen MR) is 186 cm³/mol. The van der Waals surface area contributed by atoms with Crippen LogP contribution < -0.4 is 15.1 Å². The lowest BCUT2D eigenvalue weighted by Crippen LogP contribution is -2.43. The second-order valence-corrected chi connectivity index (χ2v) is 13.3. The van der Waals surface area contributed by atoms with Crippen molar-refractivity contribution in [2.75, 3.05) is 55.0 Å². The molecule has 0 saturated carbocycles. The van der Waals surface area contributed by atoms with E-state index in [1.54, 1.807) is 0 Å². The number of piperidine rings is 2. The molecule has 0 radical (unpaired) electrons. The van der Waals surface area contributed by atoms with Gasteiger partial charge in [-0.3, -0.25) is 0 Å². The number of likely N-dealkylation sites (tertiary alicyclic amines) is 1. The highest BCUT2D eigenvalue weighted by atomic mass is 16.6. The maximum Gasteiger partial charge on any atom is 0.410 e. The number of carbonyl (C=O) groups excluding carboxylic acids is 1. The summed E-state index contributed by atoms with van der Waals surface area (Å²) >= 11 is 0. The number of aliphatic hydroxyl groups is 1. The van der Waals surface area contributed by atoms with Gasteiger partial charge >= 0.3 is 6.09 Å². The molecule has 2 N–H and O–H groups in total. The Hall–Kier alpha value is -3.60. The molecule has 1 amide bonds. The van der Waals surface area contributed by atoms with Crippen LogP contribution in [0.4, 0.5) is 22.2 Å². The Kier molecular flexibility index (Phi) is 12.5. The third kappa shape index (κ3) is 9.02. The van der Waals surface area contributed by atoms with Crippen LogP contribution in [0.25, 0.3) is 5.65 Å². The third-order valence-electron chi connectivity index (χ3n) is 8.77. The van der Waals surface area contributed by atoms with Crippen molar-refractivity contribution in [1.82, 2.24) is 24.5 Å². The van der Waals surface area contributed by atoms with Crippen LogP contribution in [-0.2, 0) is 17.7 Å². The van der Waals surface area contributed by atoms with Crippen molar-refractivity contribution < 1.29 is 14.6 Å². The fourth-order valence-electron chi connectivity index (χ4n) is 6.31. The highest BCUT2D eigenvalue weighted by Gasteiger charge is 2.28. The van der Waals surface area contributed by atoms with Gasteiger partial charge in [-0.1, -0.05) is 26.8 Å². The Balaban J connectivity index is 0.00000235. The molecule has 1 unspecified atom stereocenters. The van der Waals surface area contributed by atoms with Crippen LogP contribution in [0.5, 0.6) is 0 Å². The number of aryl methyl sites for hydroxylation is 1. The average Bonchev–Trinajstić information content (AvgIpc) is 3.48. The van der Waals surface area contributed by atoms with Crippen molar-refractivity contribution >= 4 is 29.2 Å². The molecule has 0 aromatic carbocycles. The predicted octanol–water partition coefficient (Wildman–Crippen LogP) is 6.15.